The lowest BCUT2D eigenvalue weighted by atomic mass is 9.47. The fourth-order valence-corrected chi connectivity index (χ4v) is 8.23. The summed E-state index contributed by atoms with van der Waals surface area (Å²) in [4.78, 5) is 37.4. The maximum atomic E-state index is 12.7. The Morgan fingerprint density at radius 3 is 2.56 bits per heavy atom. The van der Waals surface area contributed by atoms with Gasteiger partial charge in [0, 0.05) is 42.7 Å². The van der Waals surface area contributed by atoms with Crippen molar-refractivity contribution in [2.24, 2.45) is 34.5 Å². The van der Waals surface area contributed by atoms with Crippen molar-refractivity contribution >= 4 is 17.5 Å². The van der Waals surface area contributed by atoms with Crippen LogP contribution in [0.5, 0.6) is 0 Å². The van der Waals surface area contributed by atoms with Crippen molar-refractivity contribution in [3.63, 3.8) is 0 Å². The molecule has 1 N–H and O–H groups in total. The van der Waals surface area contributed by atoms with E-state index in [1.54, 1.807) is 6.08 Å². The van der Waals surface area contributed by atoms with Gasteiger partial charge >= 0.3 is 0 Å². The van der Waals surface area contributed by atoms with Gasteiger partial charge in [-0.05, 0) is 85.8 Å². The second kappa shape index (κ2) is 8.21. The van der Waals surface area contributed by atoms with Crippen molar-refractivity contribution in [3.05, 3.63) is 52.1 Å². The minimum absolute atomic E-state index is 0.00811. The highest BCUT2D eigenvalue weighted by Crippen LogP contribution is 2.65. The van der Waals surface area contributed by atoms with Crippen LogP contribution in [-0.4, -0.2) is 41.3 Å². The standard InChI is InChI=1S/C27H35N3O4/c1-26-14-12-22-20(9-11-23-27(22,2)15-13-24(31)29(23)3)21(26)10-6-18(26)16-28-25(32)17-4-7-19(8-5-17)30(33)34/h4-5,7-8,13,15,18,20-23H,6,9-12,14,16H2,1-3H3,(H,28,32)/t18-,20+,21+,22+,23-,26-,27-/m1/s1. The molecule has 3 saturated carbocycles. The monoisotopic (exact) mass is 465 g/mol. The van der Waals surface area contributed by atoms with Crippen LogP contribution in [-0.2, 0) is 4.79 Å². The zero-order valence-corrected chi connectivity index (χ0v) is 20.3. The molecule has 7 heteroatoms. The maximum Gasteiger partial charge on any atom is 0.269 e. The summed E-state index contributed by atoms with van der Waals surface area (Å²) in [6, 6.07) is 6.11. The van der Waals surface area contributed by atoms with E-state index in [1.165, 1.54) is 43.5 Å². The second-order valence-electron chi connectivity index (χ2n) is 11.5. The average molecular weight is 466 g/mol. The van der Waals surface area contributed by atoms with Crippen LogP contribution >= 0.6 is 0 Å². The third kappa shape index (κ3) is 3.46. The lowest BCUT2D eigenvalue weighted by Gasteiger charge is -2.60. The quantitative estimate of drug-likeness (QED) is 0.520. The van der Waals surface area contributed by atoms with Crippen molar-refractivity contribution in [2.75, 3.05) is 13.6 Å². The van der Waals surface area contributed by atoms with E-state index < -0.39 is 4.92 Å². The minimum Gasteiger partial charge on any atom is -0.352 e. The number of rotatable bonds is 4. The van der Waals surface area contributed by atoms with Crippen LogP contribution in [0.2, 0.25) is 0 Å². The van der Waals surface area contributed by atoms with E-state index in [4.69, 9.17) is 0 Å². The lowest BCUT2D eigenvalue weighted by Crippen LogP contribution is -2.59. The third-order valence-electron chi connectivity index (χ3n) is 10.2. The Morgan fingerprint density at radius 2 is 1.85 bits per heavy atom. The number of amides is 2. The number of carbonyl (C=O) groups excluding carboxylic acids is 2. The van der Waals surface area contributed by atoms with Crippen molar-refractivity contribution < 1.29 is 14.5 Å². The molecule has 5 rings (SSSR count). The molecule has 2 amide bonds. The number of nitro benzene ring substituents is 1. The molecular formula is C27H35N3O4. The van der Waals surface area contributed by atoms with Gasteiger partial charge in [-0.3, -0.25) is 19.7 Å². The summed E-state index contributed by atoms with van der Waals surface area (Å²) in [7, 11) is 1.96. The fraction of sp³-hybridized carbons (Fsp3) is 0.630. The van der Waals surface area contributed by atoms with E-state index >= 15 is 0 Å². The Hall–Kier alpha value is -2.70. The Morgan fingerprint density at radius 1 is 1.12 bits per heavy atom. The number of nitrogens with zero attached hydrogens (tertiary/aromatic N) is 2. The summed E-state index contributed by atoms with van der Waals surface area (Å²) in [6.45, 7) is 5.45. The van der Waals surface area contributed by atoms with Gasteiger partial charge in [-0.2, -0.15) is 0 Å². The fourth-order valence-electron chi connectivity index (χ4n) is 8.23. The van der Waals surface area contributed by atoms with Crippen molar-refractivity contribution in [3.8, 4) is 0 Å². The number of non-ortho nitro benzene ring substituents is 1. The Labute approximate surface area is 201 Å². The van der Waals surface area contributed by atoms with Gasteiger partial charge in [0.25, 0.3) is 11.6 Å². The van der Waals surface area contributed by atoms with Crippen LogP contribution in [0.15, 0.2) is 36.4 Å². The first-order valence-corrected chi connectivity index (χ1v) is 12.6. The Kier molecular flexibility index (Phi) is 5.57. The van der Waals surface area contributed by atoms with E-state index in [0.29, 0.717) is 41.8 Å². The molecule has 34 heavy (non-hydrogen) atoms. The van der Waals surface area contributed by atoms with E-state index in [2.05, 4.69) is 25.2 Å². The number of benzene rings is 1. The van der Waals surface area contributed by atoms with Gasteiger partial charge in [-0.15, -0.1) is 0 Å². The lowest BCUT2D eigenvalue weighted by molar-refractivity contribution is -0.384. The number of nitrogens with one attached hydrogen (secondary N) is 1. The van der Waals surface area contributed by atoms with Crippen LogP contribution < -0.4 is 5.32 Å². The molecular weight excluding hydrogens is 430 g/mol. The van der Waals surface area contributed by atoms with Crippen molar-refractivity contribution in [1.29, 1.82) is 0 Å². The van der Waals surface area contributed by atoms with Crippen molar-refractivity contribution in [1.82, 2.24) is 10.2 Å². The van der Waals surface area contributed by atoms with Gasteiger partial charge in [0.05, 0.1) is 4.92 Å². The summed E-state index contributed by atoms with van der Waals surface area (Å²) < 4.78 is 0. The molecule has 7 atom stereocenters. The van der Waals surface area contributed by atoms with Gasteiger partial charge in [0.1, 0.15) is 0 Å². The van der Waals surface area contributed by atoms with Gasteiger partial charge in [-0.1, -0.05) is 19.9 Å². The largest absolute Gasteiger partial charge is 0.352 e. The predicted octanol–water partition coefficient (Wildman–Crippen LogP) is 4.58. The molecule has 0 radical (unpaired) electrons. The zero-order chi connectivity index (χ0) is 24.3. The SMILES string of the molecule is CN1C(=O)C=C[C@]2(C)[C@H]3CC[C@]4(C)[C@@H](CNC(=O)c5ccc([N+](=O)[O-])cc5)CC[C@H]4[C@@H]3CC[C@@H]12. The number of likely N-dealkylation sites (N-methyl/N-ethyl adjacent to an activating group) is 1. The van der Waals surface area contributed by atoms with Crippen LogP contribution in [0.4, 0.5) is 5.69 Å². The maximum absolute atomic E-state index is 12.7. The van der Waals surface area contributed by atoms with E-state index in [-0.39, 0.29) is 28.3 Å². The van der Waals surface area contributed by atoms with E-state index in [0.717, 1.165) is 19.3 Å². The summed E-state index contributed by atoms with van der Waals surface area (Å²) >= 11 is 0. The van der Waals surface area contributed by atoms with Crippen LogP contribution in [0, 0.1) is 44.6 Å². The number of hydrogen-bond donors (Lipinski definition) is 1. The average Bonchev–Trinajstić information content (AvgIpc) is 3.16. The van der Waals surface area contributed by atoms with E-state index in [1.807, 2.05) is 11.9 Å². The highest BCUT2D eigenvalue weighted by molar-refractivity contribution is 5.94. The predicted molar refractivity (Wildman–Crippen MR) is 129 cm³/mol. The molecule has 1 aliphatic heterocycles. The van der Waals surface area contributed by atoms with Crippen molar-refractivity contribution in [2.45, 2.75) is 58.4 Å². The molecule has 1 aromatic rings. The highest BCUT2D eigenvalue weighted by atomic mass is 16.6. The van der Waals surface area contributed by atoms with Gasteiger partial charge in [0.15, 0.2) is 0 Å². The smallest absolute Gasteiger partial charge is 0.269 e. The first-order chi connectivity index (χ1) is 16.1. The Balaban J connectivity index is 1.27. The Bertz CT molecular complexity index is 1040. The molecule has 0 bridgehead atoms. The number of fused-ring (bicyclic) bond motifs is 5. The second-order valence-corrected chi connectivity index (χ2v) is 11.5. The number of carbonyl (C=O) groups is 2. The normalized spacial score (nSPS) is 38.6. The molecule has 0 spiro atoms. The topological polar surface area (TPSA) is 92.6 Å². The van der Waals surface area contributed by atoms with E-state index in [9.17, 15) is 19.7 Å². The number of hydrogen-bond acceptors (Lipinski definition) is 4. The summed E-state index contributed by atoms with van der Waals surface area (Å²) in [5.41, 5.74) is 0.719. The molecule has 1 aromatic carbocycles. The van der Waals surface area contributed by atoms with Gasteiger partial charge < -0.3 is 10.2 Å². The molecule has 182 valence electrons. The van der Waals surface area contributed by atoms with Crippen LogP contribution in [0.1, 0.15) is 62.7 Å². The molecule has 1 heterocycles. The molecule has 0 aromatic heterocycles. The first-order valence-electron chi connectivity index (χ1n) is 12.6. The van der Waals surface area contributed by atoms with Gasteiger partial charge in [0.2, 0.25) is 5.91 Å². The van der Waals surface area contributed by atoms with Gasteiger partial charge in [-0.25, -0.2) is 0 Å². The first kappa shape index (κ1) is 23.1. The molecule has 3 fully saturated rings. The number of nitro groups is 1. The van der Waals surface area contributed by atoms with Crippen LogP contribution in [0.25, 0.3) is 0 Å². The molecule has 3 aliphatic carbocycles. The molecule has 4 aliphatic rings. The molecule has 0 unspecified atom stereocenters. The molecule has 0 saturated heterocycles. The zero-order valence-electron chi connectivity index (χ0n) is 20.3. The summed E-state index contributed by atoms with van der Waals surface area (Å²) in [5.74, 6) is 2.33. The minimum atomic E-state index is -0.454. The third-order valence-corrected chi connectivity index (χ3v) is 10.2. The summed E-state index contributed by atoms with van der Waals surface area (Å²) in [5, 5.41) is 14.0. The summed E-state index contributed by atoms with van der Waals surface area (Å²) in [6.07, 6.45) is 10.9. The molecule has 7 nitrogen and oxygen atoms in total. The highest BCUT2D eigenvalue weighted by Gasteiger charge is 2.60. The van der Waals surface area contributed by atoms with Crippen LogP contribution in [0.3, 0.4) is 0 Å².